The van der Waals surface area contributed by atoms with Gasteiger partial charge in [-0.2, -0.15) is 5.10 Å². The third kappa shape index (κ3) is 1.72. The Morgan fingerprint density at radius 1 is 1.40 bits per heavy atom. The summed E-state index contributed by atoms with van der Waals surface area (Å²) in [6.07, 6.45) is 2.40. The molecule has 0 spiro atoms. The van der Waals surface area contributed by atoms with Gasteiger partial charge in [-0.25, -0.2) is 0 Å². The Kier molecular flexibility index (Phi) is 1.97. The predicted molar refractivity (Wildman–Crippen MR) is 44.1 cm³/mol. The minimum Gasteiger partial charge on any atom is -0.310 e. The van der Waals surface area contributed by atoms with Gasteiger partial charge in [0.05, 0.1) is 0 Å². The summed E-state index contributed by atoms with van der Waals surface area (Å²) in [4.78, 5) is 0. The summed E-state index contributed by atoms with van der Waals surface area (Å²) < 4.78 is 0. The molecule has 0 aliphatic carbocycles. The fraction of sp³-hybridized carbons (Fsp3) is 0.875. The molecule has 2 heteroatoms. The van der Waals surface area contributed by atoms with Crippen molar-refractivity contribution in [1.29, 1.82) is 0 Å². The Bertz CT molecular complexity index is 142. The highest BCUT2D eigenvalue weighted by Crippen LogP contribution is 2.20. The van der Waals surface area contributed by atoms with Crippen LogP contribution < -0.4 is 5.43 Å². The van der Waals surface area contributed by atoms with Gasteiger partial charge in [-0.3, -0.25) is 0 Å². The van der Waals surface area contributed by atoms with E-state index in [1.54, 1.807) is 0 Å². The Hall–Kier alpha value is -0.530. The maximum atomic E-state index is 4.27. The van der Waals surface area contributed by atoms with Crippen molar-refractivity contribution in [3.8, 4) is 0 Å². The molecule has 1 aliphatic heterocycles. The first kappa shape index (κ1) is 7.58. The smallest absolute Gasteiger partial charge is 0.0432 e. The standard InChI is InChI=1S/C8H16N2/c1-8(2,3)7-5-4-6-9-10-7/h9H,4-6H2,1-3H3. The van der Waals surface area contributed by atoms with Crippen LogP contribution in [0.1, 0.15) is 33.6 Å². The minimum absolute atomic E-state index is 0.257. The van der Waals surface area contributed by atoms with Gasteiger partial charge in [-0.1, -0.05) is 20.8 Å². The van der Waals surface area contributed by atoms with E-state index in [0.717, 1.165) is 13.0 Å². The Morgan fingerprint density at radius 3 is 2.40 bits per heavy atom. The van der Waals surface area contributed by atoms with Crippen molar-refractivity contribution < 1.29 is 0 Å². The summed E-state index contributed by atoms with van der Waals surface area (Å²) in [7, 11) is 0. The molecule has 0 aromatic rings. The largest absolute Gasteiger partial charge is 0.310 e. The van der Waals surface area contributed by atoms with Gasteiger partial charge in [0, 0.05) is 17.7 Å². The van der Waals surface area contributed by atoms with Crippen LogP contribution in [-0.4, -0.2) is 12.3 Å². The predicted octanol–water partition coefficient (Wildman–Crippen LogP) is 1.77. The summed E-state index contributed by atoms with van der Waals surface area (Å²) in [5.41, 5.74) is 4.59. The van der Waals surface area contributed by atoms with E-state index in [2.05, 4.69) is 31.3 Å². The SMILES string of the molecule is CC(C)(C)C1=NNCCC1. The van der Waals surface area contributed by atoms with Gasteiger partial charge in [0.1, 0.15) is 0 Å². The fourth-order valence-electron chi connectivity index (χ4n) is 1.08. The zero-order chi connectivity index (χ0) is 7.61. The highest BCUT2D eigenvalue weighted by Gasteiger charge is 2.19. The summed E-state index contributed by atoms with van der Waals surface area (Å²) >= 11 is 0. The number of nitrogens with one attached hydrogen (secondary N) is 1. The van der Waals surface area contributed by atoms with Crippen molar-refractivity contribution >= 4 is 5.71 Å². The van der Waals surface area contributed by atoms with Crippen LogP contribution in [0.15, 0.2) is 5.10 Å². The number of hydrogen-bond acceptors (Lipinski definition) is 2. The minimum atomic E-state index is 0.257. The third-order valence-electron chi connectivity index (χ3n) is 1.78. The lowest BCUT2D eigenvalue weighted by Gasteiger charge is -2.24. The van der Waals surface area contributed by atoms with Gasteiger partial charge < -0.3 is 5.43 Å². The first-order valence-corrected chi connectivity index (χ1v) is 3.90. The van der Waals surface area contributed by atoms with Crippen LogP contribution in [0.25, 0.3) is 0 Å². The first-order valence-electron chi connectivity index (χ1n) is 3.90. The Labute approximate surface area is 62.7 Å². The van der Waals surface area contributed by atoms with Crippen LogP contribution in [-0.2, 0) is 0 Å². The molecule has 10 heavy (non-hydrogen) atoms. The van der Waals surface area contributed by atoms with E-state index < -0.39 is 0 Å². The number of rotatable bonds is 0. The number of nitrogens with zero attached hydrogens (tertiary/aromatic N) is 1. The van der Waals surface area contributed by atoms with Crippen molar-refractivity contribution in [3.05, 3.63) is 0 Å². The van der Waals surface area contributed by atoms with Crippen molar-refractivity contribution in [2.45, 2.75) is 33.6 Å². The molecule has 0 saturated heterocycles. The monoisotopic (exact) mass is 140 g/mol. The lowest BCUT2D eigenvalue weighted by atomic mass is 9.87. The van der Waals surface area contributed by atoms with Crippen molar-refractivity contribution in [3.63, 3.8) is 0 Å². The molecule has 2 nitrogen and oxygen atoms in total. The molecule has 0 amide bonds. The van der Waals surface area contributed by atoms with Crippen LogP contribution in [0.3, 0.4) is 0 Å². The lowest BCUT2D eigenvalue weighted by Crippen LogP contribution is -2.28. The van der Waals surface area contributed by atoms with Crippen LogP contribution in [0.5, 0.6) is 0 Å². The van der Waals surface area contributed by atoms with E-state index in [-0.39, 0.29) is 5.41 Å². The van der Waals surface area contributed by atoms with Gasteiger partial charge in [0.25, 0.3) is 0 Å². The second-order valence-electron chi connectivity index (χ2n) is 3.82. The number of hydrogen-bond donors (Lipinski definition) is 1. The van der Waals surface area contributed by atoms with Crippen molar-refractivity contribution in [2.24, 2.45) is 10.5 Å². The molecule has 0 aromatic heterocycles. The maximum Gasteiger partial charge on any atom is 0.0432 e. The molecular formula is C8H16N2. The second-order valence-corrected chi connectivity index (χ2v) is 3.82. The molecule has 0 aromatic carbocycles. The topological polar surface area (TPSA) is 24.4 Å². The summed E-state index contributed by atoms with van der Waals surface area (Å²) in [5, 5.41) is 4.27. The van der Waals surface area contributed by atoms with E-state index in [9.17, 15) is 0 Å². The van der Waals surface area contributed by atoms with Gasteiger partial charge in [-0.05, 0) is 12.8 Å². The molecule has 58 valence electrons. The normalized spacial score (nSPS) is 19.7. The molecule has 0 saturated carbocycles. The fourth-order valence-corrected chi connectivity index (χ4v) is 1.08. The second kappa shape index (κ2) is 2.60. The van der Waals surface area contributed by atoms with Gasteiger partial charge in [0.2, 0.25) is 0 Å². The highest BCUT2D eigenvalue weighted by atomic mass is 15.3. The summed E-state index contributed by atoms with van der Waals surface area (Å²) in [6.45, 7) is 7.66. The van der Waals surface area contributed by atoms with Gasteiger partial charge >= 0.3 is 0 Å². The van der Waals surface area contributed by atoms with Gasteiger partial charge in [-0.15, -0.1) is 0 Å². The molecule has 1 heterocycles. The number of hydrazone groups is 1. The first-order chi connectivity index (χ1) is 4.61. The Morgan fingerprint density at radius 2 is 2.10 bits per heavy atom. The van der Waals surface area contributed by atoms with Crippen molar-refractivity contribution in [2.75, 3.05) is 6.54 Å². The molecular weight excluding hydrogens is 124 g/mol. The molecule has 0 radical (unpaired) electrons. The quantitative estimate of drug-likeness (QED) is 0.545. The average molecular weight is 140 g/mol. The molecule has 0 atom stereocenters. The zero-order valence-electron chi connectivity index (χ0n) is 7.07. The van der Waals surface area contributed by atoms with E-state index >= 15 is 0 Å². The summed E-state index contributed by atoms with van der Waals surface area (Å²) in [6, 6.07) is 0. The average Bonchev–Trinajstić information content (AvgIpc) is 1.88. The van der Waals surface area contributed by atoms with Crippen molar-refractivity contribution in [1.82, 2.24) is 5.43 Å². The van der Waals surface area contributed by atoms with E-state index in [0.29, 0.717) is 0 Å². The molecule has 0 fully saturated rings. The molecule has 0 unspecified atom stereocenters. The third-order valence-corrected chi connectivity index (χ3v) is 1.78. The molecule has 0 bridgehead atoms. The summed E-state index contributed by atoms with van der Waals surface area (Å²) in [5.74, 6) is 0. The zero-order valence-corrected chi connectivity index (χ0v) is 7.07. The van der Waals surface area contributed by atoms with E-state index in [1.807, 2.05) is 0 Å². The Balaban J connectivity index is 2.62. The molecule has 1 rings (SSSR count). The molecule has 1 aliphatic rings. The maximum absolute atomic E-state index is 4.27. The van der Waals surface area contributed by atoms with E-state index in [1.165, 1.54) is 12.1 Å². The lowest BCUT2D eigenvalue weighted by molar-refractivity contribution is 0.535. The van der Waals surface area contributed by atoms with Crippen LogP contribution in [0.2, 0.25) is 0 Å². The van der Waals surface area contributed by atoms with Crippen LogP contribution >= 0.6 is 0 Å². The van der Waals surface area contributed by atoms with E-state index in [4.69, 9.17) is 0 Å². The van der Waals surface area contributed by atoms with Crippen LogP contribution in [0, 0.1) is 5.41 Å². The molecule has 1 N–H and O–H groups in total. The van der Waals surface area contributed by atoms with Crippen LogP contribution in [0.4, 0.5) is 0 Å². The van der Waals surface area contributed by atoms with Gasteiger partial charge in [0.15, 0.2) is 0 Å². The highest BCUT2D eigenvalue weighted by molar-refractivity contribution is 5.89.